The van der Waals surface area contributed by atoms with Gasteiger partial charge >= 0.3 is 70.6 Å². The molecule has 4 aromatic heterocycles. The fourth-order valence-corrected chi connectivity index (χ4v) is 4.46. The topological polar surface area (TPSA) is 190 Å². The summed E-state index contributed by atoms with van der Waals surface area (Å²) in [6.45, 7) is 2.76. The van der Waals surface area contributed by atoms with Crippen molar-refractivity contribution in [1.82, 2.24) is 30.2 Å². The maximum Gasteiger partial charge on any atom is 1.00 e. The summed E-state index contributed by atoms with van der Waals surface area (Å²) in [5, 5.41) is 10.4. The molecule has 4 heterocycles. The third kappa shape index (κ3) is 27.7. The molecular weight excluding hydrogens is 980 g/mol. The molecule has 0 spiro atoms. The first-order valence-corrected chi connectivity index (χ1v) is 17.4. The van der Waals surface area contributed by atoms with E-state index in [0.717, 1.165) is 47.0 Å². The molecule has 0 saturated carbocycles. The van der Waals surface area contributed by atoms with Crippen LogP contribution in [0.25, 0.3) is 5.73 Å². The molecule has 60 heavy (non-hydrogen) atoms. The number of halogens is 1. The number of carbonyl (C=O) groups excluding carboxylic acids is 3. The van der Waals surface area contributed by atoms with Crippen LogP contribution in [-0.4, -0.2) is 47.7 Å². The average molecular weight is 1020 g/mol. The predicted octanol–water partition coefficient (Wildman–Crippen LogP) is 3.25. The van der Waals surface area contributed by atoms with E-state index >= 15 is 0 Å². The predicted molar refractivity (Wildman–Crippen MR) is 216 cm³/mol. The number of amides is 2. The summed E-state index contributed by atoms with van der Waals surface area (Å²) in [5.74, 6) is 0. The molecule has 0 radical (unpaired) electrons. The summed E-state index contributed by atoms with van der Waals surface area (Å²) >= 11 is 4.97. The fourth-order valence-electron chi connectivity index (χ4n) is 4.41. The monoisotopic (exact) mass is 1020 g/mol. The van der Waals surface area contributed by atoms with Gasteiger partial charge in [0.25, 0.3) is 6.09 Å². The van der Waals surface area contributed by atoms with E-state index in [1.807, 2.05) is 133 Å². The average Bonchev–Trinajstić information content (AvgIpc) is 3.25. The van der Waals surface area contributed by atoms with Crippen LogP contribution in [0.5, 0.6) is 0 Å². The van der Waals surface area contributed by atoms with Crippen molar-refractivity contribution < 1.29 is 114 Å². The van der Waals surface area contributed by atoms with Gasteiger partial charge in [0.2, 0.25) is 0 Å². The van der Waals surface area contributed by atoms with Crippen molar-refractivity contribution in [2.24, 2.45) is 0 Å². The van der Waals surface area contributed by atoms with Crippen molar-refractivity contribution in [3.63, 3.8) is 0 Å². The zero-order chi connectivity index (χ0) is 40.1. The van der Waals surface area contributed by atoms with Gasteiger partial charge in [0.1, 0.15) is 13.2 Å². The van der Waals surface area contributed by atoms with Crippen LogP contribution in [0.3, 0.4) is 0 Å². The van der Waals surface area contributed by atoms with Gasteiger partial charge in [-0.3, -0.25) is 29.6 Å². The molecule has 18 heteroatoms. The molecule has 304 valence electrons. The first-order chi connectivity index (χ1) is 27.3. The minimum absolute atomic E-state index is 0. The van der Waals surface area contributed by atoms with Crippen LogP contribution in [0.4, 0.5) is 14.4 Å². The Hall–Kier alpha value is -4.05. The second-order valence-corrected chi connectivity index (χ2v) is 11.5. The van der Waals surface area contributed by atoms with Crippen LogP contribution in [0.15, 0.2) is 158 Å². The van der Waals surface area contributed by atoms with Gasteiger partial charge in [-0.05, 0) is 59.7 Å². The summed E-state index contributed by atoms with van der Waals surface area (Å²) in [5.41, 5.74) is 10.5. The van der Waals surface area contributed by atoms with E-state index in [2.05, 4.69) is 34.9 Å². The Kier molecular flexibility index (Phi) is 35.6. The molecule has 0 unspecified atom stereocenters. The largest absolute Gasteiger partial charge is 1.00 e. The SMILES string of the molecule is O=C(Cl)OCc1ccccc1.O=C(OCc1ccccc1)N(Cc1ccccn1)Cc1ccccn1.[CH3-].[NH-]C(=O)OO.[Na+].[Na+].[W].c1ccc(CNCc2ccccn2)nc1. The summed E-state index contributed by atoms with van der Waals surface area (Å²) < 4.78 is 10.0. The quantitative estimate of drug-likeness (QED) is 0.0456. The Bertz CT molecular complexity index is 1880. The van der Waals surface area contributed by atoms with Gasteiger partial charge in [-0.2, -0.15) is 0 Å². The molecule has 2 aromatic carbocycles. The first kappa shape index (κ1) is 58.0. The van der Waals surface area contributed by atoms with Crippen molar-refractivity contribution >= 4 is 29.2 Å². The maximum atomic E-state index is 12.6. The van der Waals surface area contributed by atoms with Gasteiger partial charge in [-0.1, -0.05) is 84.9 Å². The van der Waals surface area contributed by atoms with E-state index in [4.69, 9.17) is 32.1 Å². The smallest absolute Gasteiger partial charge is 0.628 e. The maximum absolute atomic E-state index is 12.6. The second-order valence-electron chi connectivity index (χ2n) is 11.2. The number of carbonyl (C=O) groups is 3. The van der Waals surface area contributed by atoms with Crippen molar-refractivity contribution in [3.8, 4) is 0 Å². The molecule has 14 nitrogen and oxygen atoms in total. The Balaban J connectivity index is 0. The van der Waals surface area contributed by atoms with Gasteiger partial charge in [0, 0.05) is 70.5 Å². The summed E-state index contributed by atoms with van der Waals surface area (Å²) in [6, 6.07) is 42.1. The number of pyridine rings is 4. The zero-order valence-corrected chi connectivity index (χ0v) is 41.4. The number of benzene rings is 2. The number of hydrogen-bond donors (Lipinski definition) is 2. The van der Waals surface area contributed by atoms with Gasteiger partial charge in [-0.15, -0.1) is 0 Å². The van der Waals surface area contributed by atoms with E-state index in [1.165, 1.54) is 0 Å². The van der Waals surface area contributed by atoms with Crippen LogP contribution in [0, 0.1) is 7.43 Å². The molecule has 0 bridgehead atoms. The molecule has 0 fully saturated rings. The van der Waals surface area contributed by atoms with Crippen molar-refractivity contribution in [2.45, 2.75) is 39.4 Å². The molecule has 6 rings (SSSR count). The van der Waals surface area contributed by atoms with E-state index in [1.54, 1.807) is 29.7 Å². The summed E-state index contributed by atoms with van der Waals surface area (Å²) in [6.07, 6.45) is 5.20. The third-order valence-electron chi connectivity index (χ3n) is 6.96. The van der Waals surface area contributed by atoms with Crippen molar-refractivity contribution in [2.75, 3.05) is 0 Å². The fraction of sp³-hybridized carbons (Fsp3) is 0.143. The number of aromatic nitrogens is 4. The Labute approximate surface area is 414 Å². The molecular formula is C42H44ClN7Na2O7W. The molecule has 2 amide bonds. The van der Waals surface area contributed by atoms with E-state index < -0.39 is 11.5 Å². The Morgan fingerprint density at radius 2 is 0.917 bits per heavy atom. The van der Waals surface area contributed by atoms with Crippen molar-refractivity contribution in [3.05, 3.63) is 205 Å². The van der Waals surface area contributed by atoms with Gasteiger partial charge in [-0.25, -0.2) is 14.8 Å². The summed E-state index contributed by atoms with van der Waals surface area (Å²) in [7, 11) is 0. The molecule has 0 aliphatic carbocycles. The Morgan fingerprint density at radius 3 is 1.23 bits per heavy atom. The number of nitrogens with one attached hydrogen (secondary N) is 2. The van der Waals surface area contributed by atoms with E-state index in [0.29, 0.717) is 13.1 Å². The number of rotatable bonds is 12. The summed E-state index contributed by atoms with van der Waals surface area (Å²) in [4.78, 5) is 53.2. The molecule has 3 N–H and O–H groups in total. The molecule has 0 saturated heterocycles. The normalized spacial score (nSPS) is 9.03. The van der Waals surface area contributed by atoms with Gasteiger partial charge < -0.3 is 32.8 Å². The standard InChI is InChI=1S/C20H19N3O2.C12H13N3.C8H7ClO2.CH3NO3.CH3.2Na.W/c24-20(25-16-17-8-2-1-3-9-17)23(14-18-10-4-6-12-21-18)15-19-11-5-7-13-22-19;1-3-7-14-11(5-1)9-13-10-12-6-2-4-8-15-12;9-8(10)11-6-7-4-2-1-3-5-7;2-1(3)5-4;;;;/h1-13H,14-16H2;1-8,13H,9-10H2;1-5H,6H2;(H3,2,3,4);1H3;;;/q;;;;-1;2*+1;/p-1. The van der Waals surface area contributed by atoms with Crippen LogP contribution >= 0.6 is 11.6 Å². The number of hydrogen-bond acceptors (Lipinski definition) is 12. The van der Waals surface area contributed by atoms with Crippen LogP contribution < -0.4 is 64.4 Å². The number of ether oxygens (including phenoxy) is 2. The molecule has 0 aliphatic rings. The minimum Gasteiger partial charge on any atom is -0.628 e. The Morgan fingerprint density at radius 1 is 0.583 bits per heavy atom. The third-order valence-corrected chi connectivity index (χ3v) is 7.07. The molecule has 0 atom stereocenters. The van der Waals surface area contributed by atoms with E-state index in [-0.39, 0.29) is 107 Å². The van der Waals surface area contributed by atoms with Crippen LogP contribution in [0.2, 0.25) is 0 Å². The second kappa shape index (κ2) is 36.8. The zero-order valence-electron chi connectivity index (χ0n) is 33.7. The molecule has 6 aromatic rings. The van der Waals surface area contributed by atoms with Gasteiger partial charge in [0.15, 0.2) is 0 Å². The van der Waals surface area contributed by atoms with Crippen LogP contribution in [0.1, 0.15) is 33.9 Å². The van der Waals surface area contributed by atoms with E-state index in [9.17, 15) is 9.59 Å². The van der Waals surface area contributed by atoms with Crippen LogP contribution in [-0.2, 0) is 74.8 Å². The van der Waals surface area contributed by atoms with Gasteiger partial charge in [0.05, 0.1) is 35.9 Å². The first-order valence-electron chi connectivity index (χ1n) is 17.0. The number of nitrogens with zero attached hydrogens (tertiary/aromatic N) is 5. The van der Waals surface area contributed by atoms with Crippen molar-refractivity contribution in [1.29, 1.82) is 0 Å². The molecule has 0 aliphatic heterocycles. The minimum atomic E-state index is -1.44.